The fraction of sp³-hybridized carbons (Fsp3) is 0.500. The first-order chi connectivity index (χ1) is 8.70. The van der Waals surface area contributed by atoms with Gasteiger partial charge < -0.3 is 15.2 Å². The number of carbonyl (C=O) groups is 1. The van der Waals surface area contributed by atoms with E-state index in [0.29, 0.717) is 17.9 Å². The highest BCUT2D eigenvalue weighted by molar-refractivity contribution is 6.35. The predicted octanol–water partition coefficient (Wildman–Crippen LogP) is 3.02. The fourth-order valence-corrected chi connectivity index (χ4v) is 1.59. The second kappa shape index (κ2) is 6.26. The van der Waals surface area contributed by atoms with E-state index in [1.165, 1.54) is 0 Å². The molecule has 1 atom stereocenters. The zero-order valence-electron chi connectivity index (χ0n) is 11.7. The average Bonchev–Trinajstić information content (AvgIpc) is 2.25. The number of esters is 1. The van der Waals surface area contributed by atoms with Gasteiger partial charge in [-0.3, -0.25) is 0 Å². The summed E-state index contributed by atoms with van der Waals surface area (Å²) < 4.78 is 10.7. The molecule has 0 fully saturated rings. The van der Waals surface area contributed by atoms with E-state index < -0.39 is 11.6 Å². The molecule has 0 saturated carbocycles. The number of benzene rings is 1. The molecule has 5 heteroatoms. The van der Waals surface area contributed by atoms with Gasteiger partial charge in [0.2, 0.25) is 0 Å². The molecule has 1 unspecified atom stereocenters. The number of rotatable bonds is 4. The van der Waals surface area contributed by atoms with Gasteiger partial charge in [-0.25, -0.2) is 4.79 Å². The van der Waals surface area contributed by atoms with Crippen molar-refractivity contribution in [2.45, 2.75) is 39.3 Å². The Kier molecular flexibility index (Phi) is 5.20. The molecule has 1 aromatic carbocycles. The van der Waals surface area contributed by atoms with E-state index in [1.54, 1.807) is 39.0 Å². The van der Waals surface area contributed by atoms with Gasteiger partial charge >= 0.3 is 5.97 Å². The summed E-state index contributed by atoms with van der Waals surface area (Å²) in [6.45, 7) is 7.56. The Balaban J connectivity index is 2.91. The Hall–Kier alpha value is -1.26. The van der Waals surface area contributed by atoms with Gasteiger partial charge in [-0.2, -0.15) is 0 Å². The largest absolute Gasteiger partial charge is 0.490 e. The van der Waals surface area contributed by atoms with E-state index in [0.717, 1.165) is 0 Å². The van der Waals surface area contributed by atoms with Gasteiger partial charge in [-0.15, -0.1) is 0 Å². The molecule has 0 saturated heterocycles. The molecule has 0 aliphatic heterocycles. The first kappa shape index (κ1) is 15.8. The highest BCUT2D eigenvalue weighted by Crippen LogP contribution is 2.29. The summed E-state index contributed by atoms with van der Waals surface area (Å²) in [6, 6.07) is 4.89. The van der Waals surface area contributed by atoms with Crippen LogP contribution in [0.3, 0.4) is 0 Å². The smallest absolute Gasteiger partial charge is 0.340 e. The Bertz CT molecular complexity index is 452. The van der Waals surface area contributed by atoms with Gasteiger partial charge in [0.1, 0.15) is 18.0 Å². The van der Waals surface area contributed by atoms with Crippen LogP contribution in [0.25, 0.3) is 0 Å². The molecule has 0 aliphatic rings. The second-order valence-electron chi connectivity index (χ2n) is 5.41. The summed E-state index contributed by atoms with van der Waals surface area (Å²) in [5.41, 5.74) is 5.34. The van der Waals surface area contributed by atoms with Crippen LogP contribution in [0.4, 0.5) is 0 Å². The molecule has 0 aromatic heterocycles. The third kappa shape index (κ3) is 5.09. The minimum absolute atomic E-state index is 0.110. The minimum atomic E-state index is -0.566. The Morgan fingerprint density at radius 2 is 2.05 bits per heavy atom. The lowest BCUT2D eigenvalue weighted by molar-refractivity contribution is 0.00693. The molecule has 0 radical (unpaired) electrons. The number of halogens is 1. The average molecular weight is 286 g/mol. The zero-order valence-corrected chi connectivity index (χ0v) is 12.5. The normalized spacial score (nSPS) is 12.9. The number of nitrogens with two attached hydrogens (primary N) is 1. The van der Waals surface area contributed by atoms with Crippen molar-refractivity contribution in [1.29, 1.82) is 0 Å². The molecule has 0 spiro atoms. The lowest BCUT2D eigenvalue weighted by atomic mass is 10.1. The first-order valence-corrected chi connectivity index (χ1v) is 6.49. The summed E-state index contributed by atoms with van der Waals surface area (Å²) in [5, 5.41) is 0.248. The van der Waals surface area contributed by atoms with Gasteiger partial charge in [0.25, 0.3) is 0 Å². The number of hydrogen-bond acceptors (Lipinski definition) is 4. The van der Waals surface area contributed by atoms with Crippen molar-refractivity contribution in [2.24, 2.45) is 5.73 Å². The van der Waals surface area contributed by atoms with Crippen LogP contribution in [-0.2, 0) is 4.74 Å². The minimum Gasteiger partial charge on any atom is -0.490 e. The van der Waals surface area contributed by atoms with E-state index in [4.69, 9.17) is 26.8 Å². The van der Waals surface area contributed by atoms with E-state index in [9.17, 15) is 4.79 Å². The monoisotopic (exact) mass is 285 g/mol. The number of hydrogen-bond donors (Lipinski definition) is 1. The lowest BCUT2D eigenvalue weighted by Crippen LogP contribution is -2.25. The molecule has 0 amide bonds. The van der Waals surface area contributed by atoms with Crippen LogP contribution in [-0.4, -0.2) is 24.2 Å². The molecular formula is C14H20ClNO3. The predicted molar refractivity (Wildman–Crippen MR) is 75.8 cm³/mol. The van der Waals surface area contributed by atoms with Crippen LogP contribution in [0.2, 0.25) is 5.02 Å². The summed E-state index contributed by atoms with van der Waals surface area (Å²) in [6.07, 6.45) is 0. The molecule has 2 N–H and O–H groups in total. The van der Waals surface area contributed by atoms with Gasteiger partial charge in [0.05, 0.1) is 10.6 Å². The standard InChI is InChI=1S/C14H20ClNO3/c1-9(16)8-18-11-7-5-6-10(12(11)15)13(17)19-14(2,3)4/h5-7,9H,8,16H2,1-4H3. The van der Waals surface area contributed by atoms with Crippen LogP contribution in [0, 0.1) is 0 Å². The zero-order chi connectivity index (χ0) is 14.6. The Labute approximate surface area is 118 Å². The molecule has 0 bridgehead atoms. The van der Waals surface area contributed by atoms with Gasteiger partial charge in [-0.1, -0.05) is 17.7 Å². The summed E-state index contributed by atoms with van der Waals surface area (Å²) in [7, 11) is 0. The molecule has 106 valence electrons. The first-order valence-electron chi connectivity index (χ1n) is 6.11. The van der Waals surface area contributed by atoms with Crippen molar-refractivity contribution in [3.8, 4) is 5.75 Å². The van der Waals surface area contributed by atoms with Crippen LogP contribution in [0.1, 0.15) is 38.1 Å². The molecular weight excluding hydrogens is 266 g/mol. The molecule has 4 nitrogen and oxygen atoms in total. The van der Waals surface area contributed by atoms with Crippen molar-refractivity contribution in [3.63, 3.8) is 0 Å². The van der Waals surface area contributed by atoms with E-state index in [1.807, 2.05) is 6.92 Å². The van der Waals surface area contributed by atoms with Crippen molar-refractivity contribution < 1.29 is 14.3 Å². The van der Waals surface area contributed by atoms with Gasteiger partial charge in [-0.05, 0) is 39.8 Å². The maximum atomic E-state index is 12.0. The van der Waals surface area contributed by atoms with Crippen molar-refractivity contribution >= 4 is 17.6 Å². The van der Waals surface area contributed by atoms with Crippen molar-refractivity contribution in [2.75, 3.05) is 6.61 Å². The van der Waals surface area contributed by atoms with E-state index >= 15 is 0 Å². The highest BCUT2D eigenvalue weighted by atomic mass is 35.5. The topological polar surface area (TPSA) is 61.5 Å². The van der Waals surface area contributed by atoms with Crippen molar-refractivity contribution in [3.05, 3.63) is 28.8 Å². The number of ether oxygens (including phenoxy) is 2. The summed E-state index contributed by atoms with van der Waals surface area (Å²) >= 11 is 6.15. The van der Waals surface area contributed by atoms with Crippen molar-refractivity contribution in [1.82, 2.24) is 0 Å². The third-order valence-electron chi connectivity index (χ3n) is 2.08. The quantitative estimate of drug-likeness (QED) is 0.864. The molecule has 0 aliphatic carbocycles. The second-order valence-corrected chi connectivity index (χ2v) is 5.79. The fourth-order valence-electron chi connectivity index (χ4n) is 1.33. The van der Waals surface area contributed by atoms with Gasteiger partial charge in [0, 0.05) is 6.04 Å². The Morgan fingerprint density at radius 3 is 2.58 bits per heavy atom. The molecule has 19 heavy (non-hydrogen) atoms. The van der Waals surface area contributed by atoms with Crippen LogP contribution < -0.4 is 10.5 Å². The third-order valence-corrected chi connectivity index (χ3v) is 2.47. The maximum Gasteiger partial charge on any atom is 0.340 e. The maximum absolute atomic E-state index is 12.0. The van der Waals surface area contributed by atoms with Crippen LogP contribution in [0.15, 0.2) is 18.2 Å². The SMILES string of the molecule is CC(N)COc1cccc(C(=O)OC(C)(C)C)c1Cl. The Morgan fingerprint density at radius 1 is 1.42 bits per heavy atom. The van der Waals surface area contributed by atoms with Crippen LogP contribution in [0.5, 0.6) is 5.75 Å². The van der Waals surface area contributed by atoms with Gasteiger partial charge in [0.15, 0.2) is 0 Å². The van der Waals surface area contributed by atoms with E-state index in [2.05, 4.69) is 0 Å². The highest BCUT2D eigenvalue weighted by Gasteiger charge is 2.21. The molecule has 0 heterocycles. The number of carbonyl (C=O) groups excluding carboxylic acids is 1. The summed E-state index contributed by atoms with van der Waals surface area (Å²) in [4.78, 5) is 12.0. The molecule has 1 aromatic rings. The van der Waals surface area contributed by atoms with Crippen LogP contribution >= 0.6 is 11.6 Å². The lowest BCUT2D eigenvalue weighted by Gasteiger charge is -2.20. The summed E-state index contributed by atoms with van der Waals surface area (Å²) in [5.74, 6) is -0.0360. The van der Waals surface area contributed by atoms with E-state index in [-0.39, 0.29) is 11.1 Å². The molecule has 1 rings (SSSR count).